The molecular weight excluding hydrogens is 536 g/mol. The first-order valence-corrected chi connectivity index (χ1v) is 13.6. The number of halogens is 1. The Labute approximate surface area is 244 Å². The summed E-state index contributed by atoms with van der Waals surface area (Å²) in [5, 5.41) is 12.0. The van der Waals surface area contributed by atoms with Gasteiger partial charge in [-0.15, -0.1) is 5.10 Å². The molecule has 0 bridgehead atoms. The van der Waals surface area contributed by atoms with Crippen molar-refractivity contribution in [3.63, 3.8) is 0 Å². The van der Waals surface area contributed by atoms with Crippen LogP contribution < -0.4 is 10.2 Å². The number of nitrogens with zero attached hydrogens (tertiary/aromatic N) is 5. The fraction of sp³-hybridized carbons (Fsp3) is 0.188. The van der Waals surface area contributed by atoms with Gasteiger partial charge < -0.3 is 15.1 Å². The highest BCUT2D eigenvalue weighted by atomic mass is 35.5. The second kappa shape index (κ2) is 12.2. The van der Waals surface area contributed by atoms with Crippen LogP contribution >= 0.6 is 11.6 Å². The Hall–Kier alpha value is -4.69. The molecule has 0 aliphatic rings. The summed E-state index contributed by atoms with van der Waals surface area (Å²) in [6.07, 6.45) is 0. The highest BCUT2D eigenvalue weighted by molar-refractivity contribution is 6.30. The Morgan fingerprint density at radius 3 is 2.27 bits per heavy atom. The Balaban J connectivity index is 1.53. The standard InChI is InChI=1S/C32H31ClN6O2/c1-22-8-12-24(13-9-22)31(32(41)34-26-16-18-27(19-17-26)37(2)3)38(20-23-10-14-25(33)15-11-23)30(40)21-39-29-7-5-4-6-28(29)35-36-39/h4-19,31H,20-21H2,1-3H3,(H,34,41). The number of carbonyl (C=O) groups excluding carboxylic acids is 2. The molecule has 0 aliphatic heterocycles. The third kappa shape index (κ3) is 6.56. The third-order valence-electron chi connectivity index (χ3n) is 6.90. The lowest BCUT2D eigenvalue weighted by atomic mass is 10.0. The van der Waals surface area contributed by atoms with Crippen molar-refractivity contribution in [3.8, 4) is 0 Å². The quantitative estimate of drug-likeness (QED) is 0.241. The molecule has 1 N–H and O–H groups in total. The van der Waals surface area contributed by atoms with Crippen LogP contribution in [0.2, 0.25) is 5.02 Å². The number of hydrogen-bond donors (Lipinski definition) is 1. The van der Waals surface area contributed by atoms with E-state index in [2.05, 4.69) is 15.6 Å². The molecule has 5 aromatic rings. The number of amides is 2. The van der Waals surface area contributed by atoms with Crippen LogP contribution in [0, 0.1) is 6.92 Å². The number of hydrogen-bond acceptors (Lipinski definition) is 5. The summed E-state index contributed by atoms with van der Waals surface area (Å²) in [4.78, 5) is 31.7. The van der Waals surface area contributed by atoms with Crippen LogP contribution in [-0.4, -0.2) is 45.8 Å². The van der Waals surface area contributed by atoms with Crippen molar-refractivity contribution in [1.29, 1.82) is 0 Å². The lowest BCUT2D eigenvalue weighted by Crippen LogP contribution is -2.42. The van der Waals surface area contributed by atoms with E-state index in [9.17, 15) is 9.59 Å². The molecule has 1 atom stereocenters. The summed E-state index contributed by atoms with van der Waals surface area (Å²) in [6.45, 7) is 2.09. The first-order chi connectivity index (χ1) is 19.8. The fourth-order valence-corrected chi connectivity index (χ4v) is 4.76. The minimum absolute atomic E-state index is 0.0821. The van der Waals surface area contributed by atoms with E-state index in [1.54, 1.807) is 21.7 Å². The molecule has 1 unspecified atom stereocenters. The van der Waals surface area contributed by atoms with Crippen LogP contribution in [0.15, 0.2) is 97.1 Å². The number of anilines is 2. The van der Waals surface area contributed by atoms with E-state index in [-0.39, 0.29) is 24.9 Å². The van der Waals surface area contributed by atoms with E-state index >= 15 is 0 Å². The molecule has 2 amide bonds. The molecule has 0 saturated heterocycles. The van der Waals surface area contributed by atoms with Crippen LogP contribution in [0.3, 0.4) is 0 Å². The van der Waals surface area contributed by atoms with Gasteiger partial charge in [0.25, 0.3) is 5.91 Å². The first kappa shape index (κ1) is 27.9. The van der Waals surface area contributed by atoms with Crippen molar-refractivity contribution in [2.45, 2.75) is 26.1 Å². The van der Waals surface area contributed by atoms with Crippen LogP contribution in [0.4, 0.5) is 11.4 Å². The molecule has 0 radical (unpaired) electrons. The van der Waals surface area contributed by atoms with Gasteiger partial charge in [0, 0.05) is 37.0 Å². The van der Waals surface area contributed by atoms with Gasteiger partial charge in [0.05, 0.1) is 5.52 Å². The first-order valence-electron chi connectivity index (χ1n) is 13.3. The molecule has 8 nitrogen and oxygen atoms in total. The van der Waals surface area contributed by atoms with E-state index in [4.69, 9.17) is 11.6 Å². The molecule has 1 heterocycles. The molecule has 5 rings (SSSR count). The van der Waals surface area contributed by atoms with Crippen LogP contribution in [0.25, 0.3) is 11.0 Å². The fourth-order valence-electron chi connectivity index (χ4n) is 4.64. The molecular formula is C32H31ClN6O2. The molecule has 0 saturated carbocycles. The van der Waals surface area contributed by atoms with Crippen LogP contribution in [-0.2, 0) is 22.7 Å². The van der Waals surface area contributed by atoms with E-state index in [1.807, 2.05) is 111 Å². The van der Waals surface area contributed by atoms with Gasteiger partial charge in [0.15, 0.2) is 0 Å². The normalized spacial score (nSPS) is 11.7. The molecule has 0 aliphatic carbocycles. The Bertz CT molecular complexity index is 1650. The maximum absolute atomic E-state index is 14.1. The number of aryl methyl sites for hydroxylation is 1. The number of rotatable bonds is 9. The van der Waals surface area contributed by atoms with Gasteiger partial charge in [-0.05, 0) is 66.6 Å². The van der Waals surface area contributed by atoms with Crippen molar-refractivity contribution < 1.29 is 9.59 Å². The molecule has 208 valence electrons. The van der Waals surface area contributed by atoms with Crippen LogP contribution in [0.5, 0.6) is 0 Å². The van der Waals surface area contributed by atoms with Gasteiger partial charge in [-0.1, -0.05) is 70.9 Å². The number of nitrogens with one attached hydrogen (secondary N) is 1. The molecule has 0 spiro atoms. The zero-order valence-corrected chi connectivity index (χ0v) is 23.9. The number of fused-ring (bicyclic) bond motifs is 1. The lowest BCUT2D eigenvalue weighted by Gasteiger charge is -2.32. The molecule has 0 fully saturated rings. The summed E-state index contributed by atoms with van der Waals surface area (Å²) < 4.78 is 1.57. The predicted molar refractivity (Wildman–Crippen MR) is 163 cm³/mol. The van der Waals surface area contributed by atoms with Crippen molar-refractivity contribution >= 4 is 45.8 Å². The average molecular weight is 567 g/mol. The smallest absolute Gasteiger partial charge is 0.251 e. The van der Waals surface area contributed by atoms with Gasteiger partial charge in [-0.3, -0.25) is 9.59 Å². The largest absolute Gasteiger partial charge is 0.378 e. The van der Waals surface area contributed by atoms with Gasteiger partial charge >= 0.3 is 0 Å². The number of benzene rings is 4. The maximum Gasteiger partial charge on any atom is 0.251 e. The summed E-state index contributed by atoms with van der Waals surface area (Å²) in [5.41, 5.74) is 5.67. The van der Waals surface area contributed by atoms with Gasteiger partial charge in [-0.25, -0.2) is 4.68 Å². The Morgan fingerprint density at radius 1 is 0.902 bits per heavy atom. The van der Waals surface area contributed by atoms with E-state index in [1.165, 1.54) is 0 Å². The summed E-state index contributed by atoms with van der Waals surface area (Å²) in [7, 11) is 3.92. The maximum atomic E-state index is 14.1. The van der Waals surface area contributed by atoms with E-state index in [0.29, 0.717) is 21.8 Å². The zero-order chi connectivity index (χ0) is 28.9. The van der Waals surface area contributed by atoms with Crippen molar-refractivity contribution in [3.05, 3.63) is 119 Å². The topological polar surface area (TPSA) is 83.4 Å². The van der Waals surface area contributed by atoms with Crippen molar-refractivity contribution in [2.24, 2.45) is 0 Å². The molecule has 41 heavy (non-hydrogen) atoms. The summed E-state index contributed by atoms with van der Waals surface area (Å²) in [5.74, 6) is -0.600. The molecule has 4 aromatic carbocycles. The summed E-state index contributed by atoms with van der Waals surface area (Å²) in [6, 6.07) is 29.1. The SMILES string of the molecule is Cc1ccc(C(C(=O)Nc2ccc(N(C)C)cc2)N(Cc2ccc(Cl)cc2)C(=O)Cn2nnc3ccccc32)cc1. The van der Waals surface area contributed by atoms with E-state index < -0.39 is 6.04 Å². The highest BCUT2D eigenvalue weighted by Gasteiger charge is 2.32. The zero-order valence-electron chi connectivity index (χ0n) is 23.2. The average Bonchev–Trinajstić information content (AvgIpc) is 3.37. The highest BCUT2D eigenvalue weighted by Crippen LogP contribution is 2.27. The number of para-hydroxylation sites is 1. The Morgan fingerprint density at radius 2 is 1.59 bits per heavy atom. The second-order valence-corrected chi connectivity index (χ2v) is 10.6. The molecule has 1 aromatic heterocycles. The van der Waals surface area contributed by atoms with Gasteiger partial charge in [0.1, 0.15) is 18.1 Å². The minimum Gasteiger partial charge on any atom is -0.378 e. The van der Waals surface area contributed by atoms with Crippen LogP contribution in [0.1, 0.15) is 22.7 Å². The van der Waals surface area contributed by atoms with Gasteiger partial charge in [-0.2, -0.15) is 0 Å². The third-order valence-corrected chi connectivity index (χ3v) is 7.15. The number of carbonyl (C=O) groups is 2. The molecule has 9 heteroatoms. The summed E-state index contributed by atoms with van der Waals surface area (Å²) >= 11 is 6.14. The predicted octanol–water partition coefficient (Wildman–Crippen LogP) is 5.87. The van der Waals surface area contributed by atoms with Gasteiger partial charge in [0.2, 0.25) is 5.91 Å². The Kier molecular flexibility index (Phi) is 8.31. The van der Waals surface area contributed by atoms with Crippen molar-refractivity contribution in [1.82, 2.24) is 19.9 Å². The second-order valence-electron chi connectivity index (χ2n) is 10.1. The lowest BCUT2D eigenvalue weighted by molar-refractivity contribution is -0.140. The van der Waals surface area contributed by atoms with Crippen molar-refractivity contribution in [2.75, 3.05) is 24.3 Å². The number of aromatic nitrogens is 3. The minimum atomic E-state index is -0.915. The monoisotopic (exact) mass is 566 g/mol. The van der Waals surface area contributed by atoms with E-state index in [0.717, 1.165) is 22.3 Å².